The number of nitrogens with zero attached hydrogens (tertiary/aromatic N) is 12. The van der Waals surface area contributed by atoms with Crippen LogP contribution in [0.1, 0.15) is 190 Å². The Morgan fingerprint density at radius 3 is 1.09 bits per heavy atom. The number of hydrogen-bond donors (Lipinski definition) is 0. The first-order chi connectivity index (χ1) is 48.0. The zero-order valence-corrected chi connectivity index (χ0v) is 69.0. The fourth-order valence-corrected chi connectivity index (χ4v) is 24.6. The van der Waals surface area contributed by atoms with Crippen LogP contribution in [-0.2, 0) is 97.9 Å². The van der Waals surface area contributed by atoms with Crippen molar-refractivity contribution in [2.45, 2.75) is 205 Å². The fraction of sp³-hybridized carbons (Fsp3) is 0.535. The van der Waals surface area contributed by atoms with Gasteiger partial charge in [0.1, 0.15) is 23.3 Å². The van der Waals surface area contributed by atoms with Crippen LogP contribution in [0.15, 0.2) is 121 Å². The quantitative estimate of drug-likeness (QED) is 0.124. The number of benzene rings is 6. The third-order valence-electron chi connectivity index (χ3n) is 26.9. The molecule has 540 valence electrons. The molecule has 4 heterocycles. The molecule has 0 unspecified atom stereocenters. The van der Waals surface area contributed by atoms with E-state index in [9.17, 15) is 0 Å². The summed E-state index contributed by atoms with van der Waals surface area (Å²) in [5, 5.41) is 24.7. The molecule has 26 rings (SSSR count). The Kier molecular flexibility index (Phi) is 21.1. The molecule has 12 nitrogen and oxygen atoms in total. The van der Waals surface area contributed by atoms with E-state index in [0.717, 1.165) is 165 Å². The third-order valence-corrected chi connectivity index (χ3v) is 26.9. The Labute approximate surface area is 657 Å². The summed E-state index contributed by atoms with van der Waals surface area (Å²) in [6, 6.07) is 56.9. The Balaban J connectivity index is 0.000000109. The van der Waals surface area contributed by atoms with Crippen molar-refractivity contribution in [1.29, 1.82) is 0 Å². The second-order valence-corrected chi connectivity index (χ2v) is 33.9. The van der Waals surface area contributed by atoms with Gasteiger partial charge in [-0.3, -0.25) is 38.7 Å². The third kappa shape index (κ3) is 13.6. The molecular formula is C86H96Ir4N12-4. The second kappa shape index (κ2) is 29.6. The summed E-state index contributed by atoms with van der Waals surface area (Å²) in [6.07, 6.45) is 32.8. The van der Waals surface area contributed by atoms with E-state index >= 15 is 0 Å². The van der Waals surface area contributed by atoms with Crippen LogP contribution in [0, 0.1) is 128 Å². The predicted molar refractivity (Wildman–Crippen MR) is 385 cm³/mol. The van der Waals surface area contributed by atoms with Crippen LogP contribution in [0.25, 0.3) is 67.1 Å². The normalized spacial score (nSPS) is 32.3. The van der Waals surface area contributed by atoms with Crippen LogP contribution in [-0.4, -0.2) is 59.1 Å². The van der Waals surface area contributed by atoms with Crippen LogP contribution in [0.2, 0.25) is 0 Å². The van der Waals surface area contributed by atoms with Crippen molar-refractivity contribution < 1.29 is 80.4 Å². The molecule has 0 N–H and O–H groups in total. The molecule has 16 saturated carbocycles. The molecule has 4 radical (unpaired) electrons. The molecule has 16 bridgehead atoms. The summed E-state index contributed by atoms with van der Waals surface area (Å²) in [4.78, 5) is 19.4. The van der Waals surface area contributed by atoms with Crippen molar-refractivity contribution in [1.82, 2.24) is 59.1 Å². The molecular weight excluding hydrogens is 1970 g/mol. The maximum atomic E-state index is 5.13. The number of hydrogen-bond acceptors (Lipinski definition) is 8. The van der Waals surface area contributed by atoms with E-state index in [2.05, 4.69) is 147 Å². The van der Waals surface area contributed by atoms with Crippen LogP contribution < -0.4 is 0 Å². The van der Waals surface area contributed by atoms with Gasteiger partial charge in [0.2, 0.25) is 0 Å². The largest absolute Gasteiger partial charge is 0.282 e. The van der Waals surface area contributed by atoms with Crippen molar-refractivity contribution >= 4 is 21.5 Å². The van der Waals surface area contributed by atoms with E-state index in [1.165, 1.54) is 163 Å². The monoisotopic (exact) mass is 2070 g/mol. The van der Waals surface area contributed by atoms with Crippen molar-refractivity contribution in [3.05, 3.63) is 169 Å². The Bertz CT molecular complexity index is 4440. The SMILES string of the molecule is CCCc1nc(-c2[c-]cc3ccccc3c2)n(C23CC4CC(CC(C4)C2)C3)n1.Cc1nc(-c2[c-]cc3ccccc3c2)n(C2C3CC4CC(C3)CC2C4)n1.Cc1nc(-c2[c-]cccc2)n(C23CC4CC(CC(C4)C2)C3)n1.Cc1nc(-c2[c-]cccc2)n(C2C3CC4CC(C3)CC2C4)n1.[Ir].[Ir].[Ir].[Ir]. The van der Waals surface area contributed by atoms with E-state index < -0.39 is 0 Å². The Hall–Kier alpha value is -5.00. The summed E-state index contributed by atoms with van der Waals surface area (Å²) >= 11 is 0. The predicted octanol–water partition coefficient (Wildman–Crippen LogP) is 19.0. The van der Waals surface area contributed by atoms with Gasteiger partial charge in [-0.1, -0.05) is 66.2 Å². The molecule has 102 heavy (non-hydrogen) atoms. The van der Waals surface area contributed by atoms with Crippen LogP contribution in [0.5, 0.6) is 0 Å². The molecule has 16 heteroatoms. The standard InChI is InChI=1S/C25H28N3.C23H24N3.2C19H22N3.4Ir/c1-2-5-23-26-24(22-9-8-20-6-3-4-7-21(20)13-22)28(27-23)25-14-17-10-18(15-25)12-19(11-17)16-25;1-14-24-23(19-7-6-17-4-2-3-5-18(17)13-19)26(25-14)22-20-9-15-8-16(11-20)12-21(22)10-15;1-13-20-18(17-5-3-2-4-6-17)22(21-13)19-10-14-7-15(11-19)9-16(8-14)12-19;1-12-20-19(15-5-3-2-4-6-15)22(21-12)18-16-8-13-7-14(10-16)11-17(18)9-13;;;;/h3-4,6-8,13,17-19H,2,5,10-12,14-16H2,1H3;2-6,13,15-16,20-22H,8-12H2,1H3;2-5,14-16H,7-12H2,1H3;2-5,13-14,16-18H,7-11H2,1H3;;;;/q4*-1;;;;. The van der Waals surface area contributed by atoms with Crippen molar-refractivity contribution in [2.24, 2.45) is 82.9 Å². The molecule has 0 aliphatic heterocycles. The molecule has 0 saturated heterocycles. The number of aromatic nitrogens is 12. The van der Waals surface area contributed by atoms with Gasteiger partial charge in [-0.05, 0) is 251 Å². The van der Waals surface area contributed by atoms with E-state index in [0.29, 0.717) is 12.1 Å². The van der Waals surface area contributed by atoms with E-state index in [-0.39, 0.29) is 91.5 Å². The van der Waals surface area contributed by atoms with Gasteiger partial charge < -0.3 is 0 Å². The summed E-state index contributed by atoms with van der Waals surface area (Å²) in [7, 11) is 0. The first kappa shape index (κ1) is 72.6. The molecule has 0 amide bonds. The van der Waals surface area contributed by atoms with Gasteiger partial charge in [0.15, 0.2) is 0 Å². The van der Waals surface area contributed by atoms with Gasteiger partial charge >= 0.3 is 0 Å². The summed E-state index contributed by atoms with van der Waals surface area (Å²) in [5.41, 5.74) is 4.77. The number of aryl methyl sites for hydroxylation is 4. The van der Waals surface area contributed by atoms with E-state index in [1.807, 2.05) is 45.0 Å². The van der Waals surface area contributed by atoms with Gasteiger partial charge in [0.25, 0.3) is 0 Å². The van der Waals surface area contributed by atoms with Crippen LogP contribution in [0.3, 0.4) is 0 Å². The van der Waals surface area contributed by atoms with E-state index in [1.54, 1.807) is 0 Å². The molecule has 6 aromatic carbocycles. The van der Waals surface area contributed by atoms with E-state index in [4.69, 9.17) is 40.3 Å². The molecule has 4 aromatic heterocycles. The van der Waals surface area contributed by atoms with Crippen molar-refractivity contribution in [3.8, 4) is 45.6 Å². The molecule has 16 aliphatic carbocycles. The molecule has 10 aromatic rings. The summed E-state index contributed by atoms with van der Waals surface area (Å²) in [6.45, 7) is 8.27. The van der Waals surface area contributed by atoms with Crippen LogP contribution >= 0.6 is 0 Å². The maximum absolute atomic E-state index is 5.13. The van der Waals surface area contributed by atoms with Gasteiger partial charge in [-0.2, -0.15) is 20.4 Å². The number of rotatable bonds is 10. The smallest absolute Gasteiger partial charge is 0.140 e. The Morgan fingerprint density at radius 2 is 0.686 bits per heavy atom. The fourth-order valence-electron chi connectivity index (χ4n) is 24.6. The zero-order chi connectivity index (χ0) is 65.4. The second-order valence-electron chi connectivity index (χ2n) is 33.9. The number of fused-ring (bicyclic) bond motifs is 2. The minimum atomic E-state index is 0. The minimum absolute atomic E-state index is 0. The Morgan fingerprint density at radius 1 is 0.353 bits per heavy atom. The maximum Gasteiger partial charge on any atom is 0.140 e. The average molecular weight is 2070 g/mol. The minimum Gasteiger partial charge on any atom is -0.282 e. The van der Waals surface area contributed by atoms with Gasteiger partial charge in [-0.25, -0.2) is 0 Å². The molecule has 0 spiro atoms. The van der Waals surface area contributed by atoms with Crippen molar-refractivity contribution in [3.63, 3.8) is 0 Å². The van der Waals surface area contributed by atoms with Gasteiger partial charge in [0, 0.05) is 86.8 Å². The van der Waals surface area contributed by atoms with Gasteiger partial charge in [0.05, 0.1) is 46.5 Å². The van der Waals surface area contributed by atoms with Crippen molar-refractivity contribution in [2.75, 3.05) is 0 Å². The van der Waals surface area contributed by atoms with Crippen LogP contribution in [0.4, 0.5) is 0 Å². The summed E-state index contributed by atoms with van der Waals surface area (Å²) in [5.74, 6) is 20.4. The molecule has 0 atom stereocenters. The average Bonchev–Trinajstić information content (AvgIpc) is 1.32. The first-order valence-corrected chi connectivity index (χ1v) is 38.5. The molecule has 16 aliphatic rings. The molecule has 16 fully saturated rings. The van der Waals surface area contributed by atoms with Gasteiger partial charge in [-0.15, -0.1) is 130 Å². The topological polar surface area (TPSA) is 123 Å². The zero-order valence-electron chi connectivity index (χ0n) is 59.5. The first-order valence-electron chi connectivity index (χ1n) is 38.5. The summed E-state index contributed by atoms with van der Waals surface area (Å²) < 4.78 is 9.25.